The molecule has 0 spiro atoms. The maximum absolute atomic E-state index is 11.6. The fraction of sp³-hybridized carbons (Fsp3) is 0.0556. The lowest BCUT2D eigenvalue weighted by molar-refractivity contribution is -0.131. The molecule has 2 aromatic carbocycles. The largest absolute Gasteiger partial charge is 0.496 e. The zero-order valence-electron chi connectivity index (χ0n) is 14.1. The summed E-state index contributed by atoms with van der Waals surface area (Å²) in [5.74, 6) is -0.529. The third kappa shape index (κ3) is 4.80. The molecule has 0 aliphatic rings. The second kappa shape index (κ2) is 8.87. The van der Waals surface area contributed by atoms with Crippen LogP contribution in [0.4, 0.5) is 0 Å². The van der Waals surface area contributed by atoms with Crippen molar-refractivity contribution in [3.05, 3.63) is 61.9 Å². The molecule has 0 unspecified atom stereocenters. The van der Waals surface area contributed by atoms with E-state index in [2.05, 4.69) is 10.2 Å². The lowest BCUT2D eigenvalue weighted by atomic mass is 10.2. The minimum atomic E-state index is -1.17. The Kier molecular flexibility index (Phi) is 6.51. The molecule has 0 amide bonds. The van der Waals surface area contributed by atoms with Crippen molar-refractivity contribution in [2.75, 3.05) is 7.11 Å². The van der Waals surface area contributed by atoms with Gasteiger partial charge in [0, 0.05) is 15.1 Å². The zero-order valence-corrected chi connectivity index (χ0v) is 17.2. The lowest BCUT2D eigenvalue weighted by Gasteiger charge is -2.05. The van der Waals surface area contributed by atoms with Crippen LogP contribution < -0.4 is 4.74 Å². The zero-order chi connectivity index (χ0) is 20.3. The molecule has 0 atom stereocenters. The van der Waals surface area contributed by atoms with E-state index in [1.807, 2.05) is 0 Å². The summed E-state index contributed by atoms with van der Waals surface area (Å²) in [4.78, 5) is 11.6. The first-order chi connectivity index (χ1) is 13.4. The Balaban J connectivity index is 1.91. The Hall–Kier alpha value is -2.19. The average Bonchev–Trinajstić information content (AvgIpc) is 3.11. The normalized spacial score (nSPS) is 11.5. The highest BCUT2D eigenvalue weighted by Gasteiger charge is 2.18. The molecule has 0 saturated heterocycles. The van der Waals surface area contributed by atoms with Gasteiger partial charge in [0.25, 0.3) is 11.1 Å². The molecule has 1 N–H and O–H groups in total. The number of halogens is 3. The van der Waals surface area contributed by atoms with E-state index in [1.165, 1.54) is 19.3 Å². The molecular formula is C18H11Cl3N2O4S. The summed E-state index contributed by atoms with van der Waals surface area (Å²) in [5.41, 5.74) is 0.989. The van der Waals surface area contributed by atoms with E-state index in [1.54, 1.807) is 30.3 Å². The molecule has 0 saturated carbocycles. The lowest BCUT2D eigenvalue weighted by Crippen LogP contribution is -1.97. The maximum Gasteiger partial charge on any atom is 0.342 e. The van der Waals surface area contributed by atoms with Crippen molar-refractivity contribution in [1.29, 1.82) is 0 Å². The number of thioether (sulfide) groups is 1. The first-order valence-corrected chi connectivity index (χ1v) is 9.57. The van der Waals surface area contributed by atoms with E-state index in [4.69, 9.17) is 44.0 Å². The molecule has 3 aromatic rings. The number of rotatable bonds is 6. The molecule has 0 aliphatic heterocycles. The Morgan fingerprint density at radius 1 is 1.14 bits per heavy atom. The van der Waals surface area contributed by atoms with Gasteiger partial charge >= 0.3 is 5.97 Å². The minimum absolute atomic E-state index is 0.0377. The molecule has 144 valence electrons. The topological polar surface area (TPSA) is 85.5 Å². The van der Waals surface area contributed by atoms with Crippen molar-refractivity contribution in [1.82, 2.24) is 10.2 Å². The minimum Gasteiger partial charge on any atom is -0.496 e. The summed E-state index contributed by atoms with van der Waals surface area (Å²) in [7, 11) is 1.50. The number of aliphatic carboxylic acids is 1. The maximum atomic E-state index is 11.6. The Bertz CT molecular complexity index is 1070. The number of hydrogen-bond acceptors (Lipinski definition) is 6. The van der Waals surface area contributed by atoms with Crippen molar-refractivity contribution in [3.63, 3.8) is 0 Å². The monoisotopic (exact) mass is 456 g/mol. The van der Waals surface area contributed by atoms with E-state index in [9.17, 15) is 9.90 Å². The molecule has 1 heterocycles. The number of aromatic nitrogens is 2. The van der Waals surface area contributed by atoms with Crippen molar-refractivity contribution in [2.45, 2.75) is 5.22 Å². The van der Waals surface area contributed by atoms with Gasteiger partial charge in [-0.2, -0.15) is 0 Å². The van der Waals surface area contributed by atoms with E-state index in [-0.39, 0.29) is 16.0 Å². The average molecular weight is 458 g/mol. The quantitative estimate of drug-likeness (QED) is 0.363. The smallest absolute Gasteiger partial charge is 0.342 e. The van der Waals surface area contributed by atoms with Crippen LogP contribution in [0.25, 0.3) is 17.5 Å². The molecular weight excluding hydrogens is 447 g/mol. The van der Waals surface area contributed by atoms with E-state index in [0.717, 1.165) is 11.8 Å². The van der Waals surface area contributed by atoms with Crippen molar-refractivity contribution < 1.29 is 19.1 Å². The Labute approximate surface area is 179 Å². The predicted octanol–water partition coefficient (Wildman–Crippen LogP) is 5.92. The van der Waals surface area contributed by atoms with Crippen molar-refractivity contribution in [2.24, 2.45) is 0 Å². The summed E-state index contributed by atoms with van der Waals surface area (Å²) in [6.45, 7) is 0. The first kappa shape index (κ1) is 20.5. The highest BCUT2D eigenvalue weighted by atomic mass is 35.5. The van der Waals surface area contributed by atoms with Gasteiger partial charge in [-0.3, -0.25) is 0 Å². The van der Waals surface area contributed by atoms with Gasteiger partial charge in [-0.05, 0) is 53.7 Å². The van der Waals surface area contributed by atoms with Crippen LogP contribution in [-0.2, 0) is 4.79 Å². The van der Waals surface area contributed by atoms with Gasteiger partial charge in [0.2, 0.25) is 0 Å². The standard InChI is InChI=1S/C18H11Cl3N2O4S/c1-26-14-5-4-10(19)7-12(14)16-22-23-18(27-16)28-15(17(24)25)6-9-2-3-11(20)8-13(9)21/h2-8H,1H3,(H,24,25)/b15-6-. The van der Waals surface area contributed by atoms with Gasteiger partial charge in [-0.1, -0.05) is 40.9 Å². The van der Waals surface area contributed by atoms with Crippen LogP contribution in [0.3, 0.4) is 0 Å². The van der Waals surface area contributed by atoms with Gasteiger partial charge in [-0.15, -0.1) is 10.2 Å². The van der Waals surface area contributed by atoms with E-state index >= 15 is 0 Å². The van der Waals surface area contributed by atoms with Gasteiger partial charge in [0.15, 0.2) is 0 Å². The SMILES string of the molecule is COc1ccc(Cl)cc1-c1nnc(S/C(=C\c2ccc(Cl)cc2Cl)C(=O)O)o1. The molecule has 0 fully saturated rings. The van der Waals surface area contributed by atoms with E-state index < -0.39 is 5.97 Å². The van der Waals surface area contributed by atoms with Crippen LogP contribution in [0.15, 0.2) is 50.9 Å². The Morgan fingerprint density at radius 2 is 1.86 bits per heavy atom. The molecule has 0 bridgehead atoms. The molecule has 1 aromatic heterocycles. The highest BCUT2D eigenvalue weighted by Crippen LogP contribution is 2.35. The van der Waals surface area contributed by atoms with Crippen LogP contribution in [0.2, 0.25) is 15.1 Å². The fourth-order valence-corrected chi connectivity index (χ4v) is 3.49. The summed E-state index contributed by atoms with van der Waals surface area (Å²) < 4.78 is 10.8. The highest BCUT2D eigenvalue weighted by molar-refractivity contribution is 8.03. The molecule has 0 radical (unpaired) electrons. The number of benzene rings is 2. The molecule has 28 heavy (non-hydrogen) atoms. The summed E-state index contributed by atoms with van der Waals surface area (Å²) in [6, 6.07) is 9.69. The van der Waals surface area contributed by atoms with Crippen molar-refractivity contribution >= 4 is 58.6 Å². The van der Waals surface area contributed by atoms with Gasteiger partial charge < -0.3 is 14.3 Å². The second-order valence-electron chi connectivity index (χ2n) is 5.30. The number of ether oxygens (including phenoxy) is 1. The molecule has 0 aliphatic carbocycles. The molecule has 10 heteroatoms. The van der Waals surface area contributed by atoms with Crippen LogP contribution in [0.5, 0.6) is 5.75 Å². The van der Waals surface area contributed by atoms with Crippen LogP contribution in [0.1, 0.15) is 5.56 Å². The van der Waals surface area contributed by atoms with Gasteiger partial charge in [0.05, 0.1) is 12.7 Å². The second-order valence-corrected chi connectivity index (χ2v) is 7.57. The number of carboxylic acids is 1. The number of carboxylic acid groups (broad SMARTS) is 1. The third-order valence-corrected chi connectivity index (χ3v) is 5.11. The number of carbonyl (C=O) groups is 1. The molecule has 6 nitrogen and oxygen atoms in total. The van der Waals surface area contributed by atoms with Crippen LogP contribution >= 0.6 is 46.6 Å². The third-order valence-electron chi connectivity index (χ3n) is 3.46. The first-order valence-electron chi connectivity index (χ1n) is 7.62. The number of nitrogens with zero attached hydrogens (tertiary/aromatic N) is 2. The van der Waals surface area contributed by atoms with Gasteiger partial charge in [-0.25, -0.2) is 4.79 Å². The van der Waals surface area contributed by atoms with Crippen molar-refractivity contribution in [3.8, 4) is 17.2 Å². The summed E-state index contributed by atoms with van der Waals surface area (Å²) in [5, 5.41) is 18.6. The molecule has 3 rings (SSSR count). The fourth-order valence-electron chi connectivity index (χ4n) is 2.20. The van der Waals surface area contributed by atoms with Crippen LogP contribution in [0, 0.1) is 0 Å². The van der Waals surface area contributed by atoms with Crippen LogP contribution in [-0.4, -0.2) is 28.4 Å². The number of hydrogen-bond donors (Lipinski definition) is 1. The van der Waals surface area contributed by atoms with E-state index in [0.29, 0.717) is 31.9 Å². The predicted molar refractivity (Wildman–Crippen MR) is 109 cm³/mol. The Morgan fingerprint density at radius 3 is 2.54 bits per heavy atom. The van der Waals surface area contributed by atoms with Gasteiger partial charge in [0.1, 0.15) is 10.7 Å². The summed E-state index contributed by atoms with van der Waals surface area (Å²) in [6.07, 6.45) is 1.40. The summed E-state index contributed by atoms with van der Waals surface area (Å²) >= 11 is 18.8. The number of methoxy groups -OCH3 is 1.